The number of hydrogen-bond donors (Lipinski definition) is 0. The average molecular weight is 344 g/mol. The van der Waals surface area contributed by atoms with E-state index in [0.29, 0.717) is 19.0 Å². The number of hydrogen-bond acceptors (Lipinski definition) is 4. The number of ether oxygens (including phenoxy) is 2. The van der Waals surface area contributed by atoms with E-state index in [0.717, 1.165) is 45.0 Å². The summed E-state index contributed by atoms with van der Waals surface area (Å²) in [6, 6.07) is 16.5. The van der Waals surface area contributed by atoms with Gasteiger partial charge >= 0.3 is 0 Å². The van der Waals surface area contributed by atoms with E-state index in [4.69, 9.17) is 9.47 Å². The second kappa shape index (κ2) is 9.39. The summed E-state index contributed by atoms with van der Waals surface area (Å²) in [6.45, 7) is 7.04. The summed E-state index contributed by atoms with van der Waals surface area (Å²) in [5, 5.41) is 0. The van der Waals surface area contributed by atoms with Crippen LogP contribution in [0.5, 0.6) is 11.5 Å². The summed E-state index contributed by atoms with van der Waals surface area (Å²) in [5.74, 6) is 0.955. The van der Waals surface area contributed by atoms with Crippen molar-refractivity contribution in [2.75, 3.05) is 52.5 Å². The number of para-hydroxylation sites is 2. The van der Waals surface area contributed by atoms with E-state index in [9.17, 15) is 4.39 Å². The second-order valence-electron chi connectivity index (χ2n) is 6.12. The molecule has 0 saturated carbocycles. The van der Waals surface area contributed by atoms with Gasteiger partial charge in [-0.1, -0.05) is 30.3 Å². The first-order chi connectivity index (χ1) is 12.3. The largest absolute Gasteiger partial charge is 0.492 e. The molecule has 0 aliphatic carbocycles. The van der Waals surface area contributed by atoms with E-state index in [1.54, 1.807) is 18.2 Å². The summed E-state index contributed by atoms with van der Waals surface area (Å²) in [5.41, 5.74) is 0. The molecule has 0 aromatic heterocycles. The van der Waals surface area contributed by atoms with Crippen LogP contribution in [0.15, 0.2) is 54.6 Å². The van der Waals surface area contributed by atoms with Crippen LogP contribution in [0.3, 0.4) is 0 Å². The van der Waals surface area contributed by atoms with Gasteiger partial charge in [0.05, 0.1) is 0 Å². The van der Waals surface area contributed by atoms with Crippen molar-refractivity contribution in [2.45, 2.75) is 0 Å². The molecule has 1 aliphatic rings. The first-order valence-electron chi connectivity index (χ1n) is 8.81. The second-order valence-corrected chi connectivity index (χ2v) is 6.12. The summed E-state index contributed by atoms with van der Waals surface area (Å²) < 4.78 is 24.8. The van der Waals surface area contributed by atoms with E-state index in [1.165, 1.54) is 6.07 Å². The lowest BCUT2D eigenvalue weighted by Crippen LogP contribution is -2.48. The highest BCUT2D eigenvalue weighted by Gasteiger charge is 2.16. The van der Waals surface area contributed by atoms with Crippen LogP contribution in [0.4, 0.5) is 4.39 Å². The van der Waals surface area contributed by atoms with E-state index in [-0.39, 0.29) is 5.82 Å². The lowest BCUT2D eigenvalue weighted by Gasteiger charge is -2.34. The Labute approximate surface area is 148 Å². The van der Waals surface area contributed by atoms with Crippen LogP contribution in [-0.4, -0.2) is 62.3 Å². The molecule has 3 rings (SSSR count). The minimum Gasteiger partial charge on any atom is -0.492 e. The Kier molecular flexibility index (Phi) is 6.65. The highest BCUT2D eigenvalue weighted by atomic mass is 19.1. The van der Waals surface area contributed by atoms with Gasteiger partial charge in [0.1, 0.15) is 19.0 Å². The van der Waals surface area contributed by atoms with Crippen LogP contribution in [0, 0.1) is 5.82 Å². The van der Waals surface area contributed by atoms with Gasteiger partial charge in [-0.15, -0.1) is 0 Å². The van der Waals surface area contributed by atoms with Crippen LogP contribution in [0.2, 0.25) is 0 Å². The fourth-order valence-corrected chi connectivity index (χ4v) is 2.89. The molecule has 0 unspecified atom stereocenters. The van der Waals surface area contributed by atoms with Gasteiger partial charge < -0.3 is 9.47 Å². The molecule has 5 heteroatoms. The molecule has 0 N–H and O–H groups in total. The highest BCUT2D eigenvalue weighted by Crippen LogP contribution is 2.15. The predicted molar refractivity (Wildman–Crippen MR) is 96.7 cm³/mol. The highest BCUT2D eigenvalue weighted by molar-refractivity contribution is 5.23. The Morgan fingerprint density at radius 3 is 1.92 bits per heavy atom. The van der Waals surface area contributed by atoms with Crippen molar-refractivity contribution in [3.05, 3.63) is 60.4 Å². The number of piperazine rings is 1. The molecule has 134 valence electrons. The molecule has 0 atom stereocenters. The van der Waals surface area contributed by atoms with Crippen molar-refractivity contribution < 1.29 is 13.9 Å². The van der Waals surface area contributed by atoms with Gasteiger partial charge in [0, 0.05) is 39.3 Å². The molecule has 2 aromatic rings. The fourth-order valence-electron chi connectivity index (χ4n) is 2.89. The zero-order chi connectivity index (χ0) is 17.3. The molecule has 0 spiro atoms. The molecule has 0 bridgehead atoms. The van der Waals surface area contributed by atoms with Crippen molar-refractivity contribution in [1.82, 2.24) is 9.80 Å². The third-order valence-electron chi connectivity index (χ3n) is 4.39. The lowest BCUT2D eigenvalue weighted by atomic mass is 10.3. The first-order valence-corrected chi connectivity index (χ1v) is 8.81. The van der Waals surface area contributed by atoms with E-state index in [1.807, 2.05) is 30.3 Å². The van der Waals surface area contributed by atoms with Gasteiger partial charge in [-0.25, -0.2) is 4.39 Å². The maximum atomic E-state index is 13.5. The van der Waals surface area contributed by atoms with Crippen molar-refractivity contribution in [2.24, 2.45) is 0 Å². The molecule has 1 saturated heterocycles. The molecule has 0 radical (unpaired) electrons. The minimum atomic E-state index is -0.300. The minimum absolute atomic E-state index is 0.300. The molecule has 0 amide bonds. The van der Waals surface area contributed by atoms with Crippen molar-refractivity contribution >= 4 is 0 Å². The first kappa shape index (κ1) is 17.7. The van der Waals surface area contributed by atoms with Crippen LogP contribution in [0.25, 0.3) is 0 Å². The SMILES string of the molecule is Fc1ccccc1OCCN1CCN(CCOc2ccccc2)CC1. The van der Waals surface area contributed by atoms with Crippen LogP contribution < -0.4 is 9.47 Å². The molecule has 1 fully saturated rings. The monoisotopic (exact) mass is 344 g/mol. The molecule has 2 aromatic carbocycles. The zero-order valence-corrected chi connectivity index (χ0v) is 14.4. The van der Waals surface area contributed by atoms with Gasteiger partial charge in [0.15, 0.2) is 11.6 Å². The molecule has 1 aliphatic heterocycles. The van der Waals surface area contributed by atoms with Crippen LogP contribution in [0.1, 0.15) is 0 Å². The standard InChI is InChI=1S/C20H25FN2O2/c21-19-8-4-5-9-20(19)25-17-15-23-12-10-22(11-13-23)14-16-24-18-6-2-1-3-7-18/h1-9H,10-17H2. The Balaban J connectivity index is 1.29. The summed E-state index contributed by atoms with van der Waals surface area (Å²) in [7, 11) is 0. The maximum absolute atomic E-state index is 13.5. The third kappa shape index (κ3) is 5.73. The number of benzene rings is 2. The quantitative estimate of drug-likeness (QED) is 0.735. The molecule has 4 nitrogen and oxygen atoms in total. The number of nitrogens with zero attached hydrogens (tertiary/aromatic N) is 2. The van der Waals surface area contributed by atoms with Gasteiger partial charge in [-0.05, 0) is 24.3 Å². The van der Waals surface area contributed by atoms with Gasteiger partial charge in [0.25, 0.3) is 0 Å². The summed E-state index contributed by atoms with van der Waals surface area (Å²) >= 11 is 0. The van der Waals surface area contributed by atoms with Gasteiger partial charge in [-0.3, -0.25) is 9.80 Å². The smallest absolute Gasteiger partial charge is 0.165 e. The molecular formula is C20H25FN2O2. The maximum Gasteiger partial charge on any atom is 0.165 e. The van der Waals surface area contributed by atoms with Crippen LogP contribution >= 0.6 is 0 Å². The summed E-state index contributed by atoms with van der Waals surface area (Å²) in [4.78, 5) is 4.77. The third-order valence-corrected chi connectivity index (χ3v) is 4.39. The summed E-state index contributed by atoms with van der Waals surface area (Å²) in [6.07, 6.45) is 0. The predicted octanol–water partition coefficient (Wildman–Crippen LogP) is 2.90. The number of halogens is 1. The Bertz CT molecular complexity index is 631. The number of rotatable bonds is 8. The van der Waals surface area contributed by atoms with E-state index in [2.05, 4.69) is 9.80 Å². The van der Waals surface area contributed by atoms with E-state index < -0.39 is 0 Å². The van der Waals surface area contributed by atoms with Crippen molar-refractivity contribution in [3.8, 4) is 11.5 Å². The normalized spacial score (nSPS) is 15.9. The fraction of sp³-hybridized carbons (Fsp3) is 0.400. The Hall–Kier alpha value is -2.11. The lowest BCUT2D eigenvalue weighted by molar-refractivity contribution is 0.104. The van der Waals surface area contributed by atoms with E-state index >= 15 is 0 Å². The zero-order valence-electron chi connectivity index (χ0n) is 14.4. The van der Waals surface area contributed by atoms with Gasteiger partial charge in [0.2, 0.25) is 0 Å². The Morgan fingerprint density at radius 2 is 1.28 bits per heavy atom. The van der Waals surface area contributed by atoms with Crippen molar-refractivity contribution in [1.29, 1.82) is 0 Å². The molecular weight excluding hydrogens is 319 g/mol. The van der Waals surface area contributed by atoms with Crippen molar-refractivity contribution in [3.63, 3.8) is 0 Å². The topological polar surface area (TPSA) is 24.9 Å². The molecule has 1 heterocycles. The van der Waals surface area contributed by atoms with Gasteiger partial charge in [-0.2, -0.15) is 0 Å². The van der Waals surface area contributed by atoms with Crippen LogP contribution in [-0.2, 0) is 0 Å². The molecule has 25 heavy (non-hydrogen) atoms. The Morgan fingerprint density at radius 1 is 0.720 bits per heavy atom. The average Bonchev–Trinajstić information content (AvgIpc) is 2.65.